The van der Waals surface area contributed by atoms with Gasteiger partial charge in [-0.1, -0.05) is 13.3 Å². The second-order valence-electron chi connectivity index (χ2n) is 4.21. The molecule has 1 atom stereocenters. The van der Waals surface area contributed by atoms with Crippen molar-refractivity contribution in [3.05, 3.63) is 35.4 Å². The van der Waals surface area contributed by atoms with Crippen LogP contribution in [0.3, 0.4) is 0 Å². The highest BCUT2D eigenvalue weighted by Crippen LogP contribution is 2.08. The maximum absolute atomic E-state index is 12.9. The molecular formula is C13H17F2NO. The Bertz CT molecular complexity index is 373. The molecule has 0 fully saturated rings. The molecule has 0 saturated carbocycles. The van der Waals surface area contributed by atoms with Crippen molar-refractivity contribution in [2.24, 2.45) is 0 Å². The lowest BCUT2D eigenvalue weighted by molar-refractivity contribution is -0.121. The molecule has 0 radical (unpaired) electrons. The molecule has 2 nitrogen and oxygen atoms in total. The van der Waals surface area contributed by atoms with E-state index in [0.717, 1.165) is 18.9 Å². The van der Waals surface area contributed by atoms with E-state index < -0.39 is 11.6 Å². The number of carbonyl (C=O) groups is 1. The highest BCUT2D eigenvalue weighted by molar-refractivity contribution is 5.78. The minimum Gasteiger partial charge on any atom is -0.353 e. The van der Waals surface area contributed by atoms with Gasteiger partial charge in [0.1, 0.15) is 11.6 Å². The smallest absolute Gasteiger partial charge is 0.224 e. The average molecular weight is 241 g/mol. The fraction of sp³-hybridized carbons (Fsp3) is 0.462. The Morgan fingerprint density at radius 2 is 1.88 bits per heavy atom. The van der Waals surface area contributed by atoms with E-state index in [1.165, 1.54) is 12.1 Å². The quantitative estimate of drug-likeness (QED) is 0.843. The molecule has 17 heavy (non-hydrogen) atoms. The monoisotopic (exact) mass is 241 g/mol. The lowest BCUT2D eigenvalue weighted by Crippen LogP contribution is -2.33. The summed E-state index contributed by atoms with van der Waals surface area (Å²) in [5.41, 5.74) is 0.351. The Kier molecular flexibility index (Phi) is 5.07. The third-order valence-electron chi connectivity index (χ3n) is 2.42. The van der Waals surface area contributed by atoms with Gasteiger partial charge >= 0.3 is 0 Å². The molecule has 1 unspecified atom stereocenters. The van der Waals surface area contributed by atoms with E-state index in [4.69, 9.17) is 0 Å². The molecule has 4 heteroatoms. The molecule has 0 heterocycles. The van der Waals surface area contributed by atoms with Gasteiger partial charge in [-0.15, -0.1) is 0 Å². The summed E-state index contributed by atoms with van der Waals surface area (Å²) in [6.45, 7) is 3.94. The zero-order valence-electron chi connectivity index (χ0n) is 10.1. The van der Waals surface area contributed by atoms with Gasteiger partial charge in [0.2, 0.25) is 5.91 Å². The largest absolute Gasteiger partial charge is 0.353 e. The standard InChI is InChI=1S/C13H17F2NO/c1-3-4-9(2)16-13(17)7-10-5-11(14)8-12(15)6-10/h5-6,8-9H,3-4,7H2,1-2H3,(H,16,17). The predicted octanol–water partition coefficient (Wildman–Crippen LogP) is 2.81. The molecule has 1 amide bonds. The van der Waals surface area contributed by atoms with Gasteiger partial charge in [0, 0.05) is 12.1 Å². The molecule has 0 saturated heterocycles. The first-order chi connectivity index (χ1) is 8.01. The van der Waals surface area contributed by atoms with Gasteiger partial charge < -0.3 is 5.32 Å². The van der Waals surface area contributed by atoms with Gasteiger partial charge in [-0.3, -0.25) is 4.79 Å². The molecule has 1 aromatic carbocycles. The molecule has 0 aliphatic heterocycles. The molecule has 0 spiro atoms. The molecule has 1 N–H and O–H groups in total. The van der Waals surface area contributed by atoms with E-state index in [1.54, 1.807) is 0 Å². The molecule has 0 bridgehead atoms. The van der Waals surface area contributed by atoms with Crippen molar-refractivity contribution in [2.45, 2.75) is 39.2 Å². The van der Waals surface area contributed by atoms with Gasteiger partial charge in [-0.2, -0.15) is 0 Å². The number of amides is 1. The first-order valence-electron chi connectivity index (χ1n) is 5.75. The van der Waals surface area contributed by atoms with Gasteiger partial charge in [0.05, 0.1) is 6.42 Å². The van der Waals surface area contributed by atoms with Crippen molar-refractivity contribution in [3.8, 4) is 0 Å². The first kappa shape index (κ1) is 13.6. The minimum atomic E-state index is -0.658. The van der Waals surface area contributed by atoms with Crippen molar-refractivity contribution in [1.29, 1.82) is 0 Å². The Hall–Kier alpha value is -1.45. The zero-order chi connectivity index (χ0) is 12.8. The van der Waals surface area contributed by atoms with E-state index >= 15 is 0 Å². The van der Waals surface area contributed by atoms with E-state index in [9.17, 15) is 13.6 Å². The van der Waals surface area contributed by atoms with Crippen molar-refractivity contribution >= 4 is 5.91 Å². The van der Waals surface area contributed by atoms with Crippen LogP contribution in [0.5, 0.6) is 0 Å². The highest BCUT2D eigenvalue weighted by atomic mass is 19.1. The fourth-order valence-corrected chi connectivity index (χ4v) is 1.73. The minimum absolute atomic E-state index is 0.00271. The predicted molar refractivity (Wildman–Crippen MR) is 62.6 cm³/mol. The van der Waals surface area contributed by atoms with Crippen LogP contribution >= 0.6 is 0 Å². The van der Waals surface area contributed by atoms with Crippen molar-refractivity contribution in [2.75, 3.05) is 0 Å². The molecule has 1 aromatic rings. The summed E-state index contributed by atoms with van der Waals surface area (Å²) >= 11 is 0. The highest BCUT2D eigenvalue weighted by Gasteiger charge is 2.09. The summed E-state index contributed by atoms with van der Waals surface area (Å²) < 4.78 is 25.8. The zero-order valence-corrected chi connectivity index (χ0v) is 10.1. The lowest BCUT2D eigenvalue weighted by atomic mass is 10.1. The van der Waals surface area contributed by atoms with Gasteiger partial charge in [-0.05, 0) is 31.0 Å². The molecule has 0 aliphatic rings. The van der Waals surface area contributed by atoms with E-state index in [1.807, 2.05) is 13.8 Å². The number of benzene rings is 1. The average Bonchev–Trinajstić information content (AvgIpc) is 2.14. The molecule has 0 aromatic heterocycles. The van der Waals surface area contributed by atoms with Crippen LogP contribution in [-0.2, 0) is 11.2 Å². The van der Waals surface area contributed by atoms with Crippen LogP contribution in [-0.4, -0.2) is 11.9 Å². The van der Waals surface area contributed by atoms with E-state index in [2.05, 4.69) is 5.32 Å². The summed E-state index contributed by atoms with van der Waals surface area (Å²) in [6.07, 6.45) is 1.88. The molecule has 0 aliphatic carbocycles. The summed E-state index contributed by atoms with van der Waals surface area (Å²) in [4.78, 5) is 11.6. The lowest BCUT2D eigenvalue weighted by Gasteiger charge is -2.12. The van der Waals surface area contributed by atoms with Gasteiger partial charge in [-0.25, -0.2) is 8.78 Å². The molecule has 94 valence electrons. The summed E-state index contributed by atoms with van der Waals surface area (Å²) in [6, 6.07) is 3.23. The van der Waals surface area contributed by atoms with Crippen LogP contribution in [0.2, 0.25) is 0 Å². The van der Waals surface area contributed by atoms with Crippen LogP contribution < -0.4 is 5.32 Å². The number of hydrogen-bond acceptors (Lipinski definition) is 1. The van der Waals surface area contributed by atoms with Crippen LogP contribution in [0.1, 0.15) is 32.3 Å². The van der Waals surface area contributed by atoms with E-state index in [-0.39, 0.29) is 18.4 Å². The van der Waals surface area contributed by atoms with Crippen molar-refractivity contribution < 1.29 is 13.6 Å². The Labute approximate surface area is 100 Å². The summed E-state index contributed by atoms with van der Waals surface area (Å²) in [5, 5.41) is 2.78. The van der Waals surface area contributed by atoms with Crippen molar-refractivity contribution in [1.82, 2.24) is 5.32 Å². The second kappa shape index (κ2) is 6.33. The Balaban J connectivity index is 2.56. The first-order valence-corrected chi connectivity index (χ1v) is 5.75. The van der Waals surface area contributed by atoms with Gasteiger partial charge in [0.15, 0.2) is 0 Å². The number of rotatable bonds is 5. The fourth-order valence-electron chi connectivity index (χ4n) is 1.73. The van der Waals surface area contributed by atoms with E-state index in [0.29, 0.717) is 5.56 Å². The summed E-state index contributed by atoms with van der Waals surface area (Å²) in [5.74, 6) is -1.53. The summed E-state index contributed by atoms with van der Waals surface area (Å²) in [7, 11) is 0. The second-order valence-corrected chi connectivity index (χ2v) is 4.21. The van der Waals surface area contributed by atoms with Gasteiger partial charge in [0.25, 0.3) is 0 Å². The third-order valence-corrected chi connectivity index (χ3v) is 2.42. The maximum Gasteiger partial charge on any atom is 0.224 e. The number of carbonyl (C=O) groups excluding carboxylic acids is 1. The number of halogens is 2. The van der Waals surface area contributed by atoms with Crippen molar-refractivity contribution in [3.63, 3.8) is 0 Å². The topological polar surface area (TPSA) is 29.1 Å². The van der Waals surface area contributed by atoms with Crippen LogP contribution in [0.15, 0.2) is 18.2 Å². The molecular weight excluding hydrogens is 224 g/mol. The third kappa shape index (κ3) is 4.93. The van der Waals surface area contributed by atoms with Crippen LogP contribution in [0.25, 0.3) is 0 Å². The number of nitrogens with one attached hydrogen (secondary N) is 1. The van der Waals surface area contributed by atoms with Crippen LogP contribution in [0, 0.1) is 11.6 Å². The Morgan fingerprint density at radius 1 is 1.29 bits per heavy atom. The van der Waals surface area contributed by atoms with Crippen LogP contribution in [0.4, 0.5) is 8.78 Å². The maximum atomic E-state index is 12.9. The Morgan fingerprint density at radius 3 is 2.41 bits per heavy atom. The number of hydrogen-bond donors (Lipinski definition) is 1. The normalized spacial score (nSPS) is 12.2. The molecule has 1 rings (SSSR count). The SMILES string of the molecule is CCCC(C)NC(=O)Cc1cc(F)cc(F)c1.